The fourth-order valence-electron chi connectivity index (χ4n) is 6.53. The number of aliphatic hydroxyl groups is 2. The van der Waals surface area contributed by atoms with Crippen LogP contribution in [0.15, 0.2) is 30.3 Å². The van der Waals surface area contributed by atoms with Crippen molar-refractivity contribution < 1.29 is 19.8 Å². The minimum Gasteiger partial charge on any atom is -0.389 e. The number of nitrogens with one attached hydrogen (secondary N) is 2. The van der Waals surface area contributed by atoms with Crippen LogP contribution in [-0.2, 0) is 16.0 Å². The predicted octanol–water partition coefficient (Wildman–Crippen LogP) is 3.17. The van der Waals surface area contributed by atoms with Crippen molar-refractivity contribution >= 4 is 11.8 Å². The molecule has 1 aromatic carbocycles. The molecule has 0 heterocycles. The molecule has 0 bridgehead atoms. The Bertz CT molecular complexity index is 886. The molecular weight excluding hydrogens is 504 g/mol. The molecule has 0 unspecified atom stereocenters. The van der Waals surface area contributed by atoms with Gasteiger partial charge in [0.15, 0.2) is 0 Å². The van der Waals surface area contributed by atoms with Gasteiger partial charge in [-0.15, -0.1) is 0 Å². The van der Waals surface area contributed by atoms with Gasteiger partial charge in [-0.3, -0.25) is 9.59 Å². The number of carbonyl (C=O) groups is 2. The third-order valence-corrected chi connectivity index (χ3v) is 9.05. The SMILES string of the molecule is CC(C)[C@H](NC(=O)[C@@H](N)Cc1ccccc1)C(=O)N[C@@H](CC1CCCCC1)[C@@H](O)[C@H](O)[C@@H](N)CC1CCCCC1. The van der Waals surface area contributed by atoms with Gasteiger partial charge in [0.25, 0.3) is 0 Å². The van der Waals surface area contributed by atoms with Gasteiger partial charge in [-0.05, 0) is 42.6 Å². The van der Waals surface area contributed by atoms with Crippen molar-refractivity contribution in [1.82, 2.24) is 10.6 Å². The van der Waals surface area contributed by atoms with Crippen LogP contribution >= 0.6 is 0 Å². The van der Waals surface area contributed by atoms with Crippen LogP contribution in [0.1, 0.15) is 96.5 Å². The molecule has 2 aliphatic rings. The topological polar surface area (TPSA) is 151 Å². The maximum atomic E-state index is 13.6. The summed E-state index contributed by atoms with van der Waals surface area (Å²) in [5.74, 6) is -0.127. The number of nitrogens with two attached hydrogens (primary N) is 2. The van der Waals surface area contributed by atoms with E-state index in [4.69, 9.17) is 11.5 Å². The molecule has 6 atom stereocenters. The first-order valence-corrected chi connectivity index (χ1v) is 15.7. The van der Waals surface area contributed by atoms with E-state index in [1.807, 2.05) is 44.2 Å². The monoisotopic (exact) mass is 558 g/mol. The molecule has 0 aliphatic heterocycles. The van der Waals surface area contributed by atoms with Gasteiger partial charge in [0.05, 0.1) is 18.2 Å². The fourth-order valence-corrected chi connectivity index (χ4v) is 6.53. The van der Waals surface area contributed by atoms with E-state index < -0.39 is 42.3 Å². The smallest absolute Gasteiger partial charge is 0.243 e. The fraction of sp³-hybridized carbons (Fsp3) is 0.750. The zero-order valence-electron chi connectivity index (χ0n) is 24.6. The Labute approximate surface area is 241 Å². The first-order chi connectivity index (χ1) is 19.2. The maximum absolute atomic E-state index is 13.6. The molecule has 226 valence electrons. The van der Waals surface area contributed by atoms with Crippen molar-refractivity contribution in [2.24, 2.45) is 29.2 Å². The summed E-state index contributed by atoms with van der Waals surface area (Å²) in [6.45, 7) is 3.74. The lowest BCUT2D eigenvalue weighted by molar-refractivity contribution is -0.132. The number of carbonyl (C=O) groups excluding carboxylic acids is 2. The number of benzene rings is 1. The standard InChI is InChI=1S/C32H54N4O4/c1-21(2)28(36-31(39)26(34)19-23-14-8-4-9-15-23)32(40)35-27(20-24-16-10-5-11-17-24)30(38)29(37)25(33)18-22-12-6-3-7-13-22/h4,8-9,14-15,21-22,24-30,37-38H,3,5-7,10-13,16-20,33-34H2,1-2H3,(H,35,40)(H,36,39)/t25-,26-,27-,28-,29+,30+/m0/s1. The van der Waals surface area contributed by atoms with Gasteiger partial charge in [0, 0.05) is 6.04 Å². The van der Waals surface area contributed by atoms with Crippen LogP contribution in [0.2, 0.25) is 0 Å². The number of hydrogen-bond acceptors (Lipinski definition) is 6. The minimum absolute atomic E-state index is 0.196. The van der Waals surface area contributed by atoms with Gasteiger partial charge in [-0.25, -0.2) is 0 Å². The average molecular weight is 559 g/mol. The van der Waals surface area contributed by atoms with Crippen molar-refractivity contribution in [1.29, 1.82) is 0 Å². The molecule has 40 heavy (non-hydrogen) atoms. The first kappa shape index (κ1) is 32.5. The van der Waals surface area contributed by atoms with E-state index in [0.29, 0.717) is 31.1 Å². The number of amides is 2. The van der Waals surface area contributed by atoms with Crippen molar-refractivity contribution in [2.45, 2.75) is 134 Å². The molecule has 2 fully saturated rings. The Morgan fingerprint density at radius 1 is 0.800 bits per heavy atom. The van der Waals surface area contributed by atoms with E-state index in [1.165, 1.54) is 25.7 Å². The highest BCUT2D eigenvalue weighted by molar-refractivity contribution is 5.90. The highest BCUT2D eigenvalue weighted by atomic mass is 16.3. The zero-order chi connectivity index (χ0) is 29.1. The van der Waals surface area contributed by atoms with Crippen LogP contribution in [-0.4, -0.2) is 58.4 Å². The van der Waals surface area contributed by atoms with Crippen LogP contribution in [0.4, 0.5) is 0 Å². The Balaban J connectivity index is 1.66. The molecule has 8 heteroatoms. The highest BCUT2D eigenvalue weighted by Gasteiger charge is 2.36. The predicted molar refractivity (Wildman–Crippen MR) is 159 cm³/mol. The second-order valence-corrected chi connectivity index (χ2v) is 12.8. The molecule has 2 aliphatic carbocycles. The third kappa shape index (κ3) is 10.1. The second kappa shape index (κ2) is 16.4. The van der Waals surface area contributed by atoms with E-state index in [2.05, 4.69) is 10.6 Å². The van der Waals surface area contributed by atoms with Gasteiger partial charge in [0.1, 0.15) is 12.1 Å². The zero-order valence-corrected chi connectivity index (χ0v) is 24.6. The summed E-state index contributed by atoms with van der Waals surface area (Å²) in [5.41, 5.74) is 13.6. The molecular formula is C32H54N4O4. The van der Waals surface area contributed by atoms with E-state index in [0.717, 1.165) is 44.1 Å². The quantitative estimate of drug-likeness (QED) is 0.206. The number of rotatable bonds is 14. The van der Waals surface area contributed by atoms with Gasteiger partial charge in [-0.1, -0.05) is 108 Å². The van der Waals surface area contributed by atoms with E-state index in [-0.39, 0.29) is 11.8 Å². The Morgan fingerprint density at radius 3 is 1.90 bits per heavy atom. The summed E-state index contributed by atoms with van der Waals surface area (Å²) in [4.78, 5) is 26.5. The number of hydrogen-bond donors (Lipinski definition) is 6. The normalized spacial score (nSPS) is 21.7. The van der Waals surface area contributed by atoms with Crippen molar-refractivity contribution in [3.8, 4) is 0 Å². The molecule has 1 aromatic rings. The van der Waals surface area contributed by atoms with Crippen LogP contribution < -0.4 is 22.1 Å². The second-order valence-electron chi connectivity index (χ2n) is 12.8. The van der Waals surface area contributed by atoms with Crippen molar-refractivity contribution in [3.63, 3.8) is 0 Å². The van der Waals surface area contributed by atoms with E-state index in [9.17, 15) is 19.8 Å². The molecule has 8 nitrogen and oxygen atoms in total. The molecule has 2 amide bonds. The summed E-state index contributed by atoms with van der Waals surface area (Å²) < 4.78 is 0. The molecule has 8 N–H and O–H groups in total. The lowest BCUT2D eigenvalue weighted by atomic mass is 9.80. The van der Waals surface area contributed by atoms with Crippen molar-refractivity contribution in [2.75, 3.05) is 0 Å². The Kier molecular flexibility index (Phi) is 13.4. The maximum Gasteiger partial charge on any atom is 0.243 e. The number of aliphatic hydroxyl groups excluding tert-OH is 2. The average Bonchev–Trinajstić information content (AvgIpc) is 2.95. The van der Waals surface area contributed by atoms with Gasteiger partial charge in [0.2, 0.25) is 11.8 Å². The molecule has 0 aromatic heterocycles. The largest absolute Gasteiger partial charge is 0.389 e. The first-order valence-electron chi connectivity index (χ1n) is 15.7. The van der Waals surface area contributed by atoms with Crippen LogP contribution in [0.3, 0.4) is 0 Å². The Morgan fingerprint density at radius 2 is 1.35 bits per heavy atom. The Hall–Kier alpha value is -2.00. The lowest BCUT2D eigenvalue weighted by Gasteiger charge is -2.36. The van der Waals surface area contributed by atoms with Gasteiger partial charge in [-0.2, -0.15) is 0 Å². The summed E-state index contributed by atoms with van der Waals surface area (Å²) in [6, 6.07) is 6.73. The van der Waals surface area contributed by atoms with Crippen LogP contribution in [0, 0.1) is 17.8 Å². The molecule has 0 radical (unpaired) electrons. The van der Waals surface area contributed by atoms with Crippen LogP contribution in [0.5, 0.6) is 0 Å². The summed E-state index contributed by atoms with van der Waals surface area (Å²) in [7, 11) is 0. The third-order valence-electron chi connectivity index (χ3n) is 9.05. The van der Waals surface area contributed by atoms with Crippen LogP contribution in [0.25, 0.3) is 0 Å². The van der Waals surface area contributed by atoms with E-state index >= 15 is 0 Å². The molecule has 2 saturated carbocycles. The van der Waals surface area contributed by atoms with Crippen molar-refractivity contribution in [3.05, 3.63) is 35.9 Å². The minimum atomic E-state index is -1.19. The molecule has 0 spiro atoms. The van der Waals surface area contributed by atoms with Gasteiger partial charge >= 0.3 is 0 Å². The summed E-state index contributed by atoms with van der Waals surface area (Å²) >= 11 is 0. The molecule has 3 rings (SSSR count). The highest BCUT2D eigenvalue weighted by Crippen LogP contribution is 2.30. The van der Waals surface area contributed by atoms with Gasteiger partial charge < -0.3 is 32.3 Å². The summed E-state index contributed by atoms with van der Waals surface area (Å²) in [5, 5.41) is 28.3. The summed E-state index contributed by atoms with van der Waals surface area (Å²) in [6.07, 6.45) is 10.7. The molecule has 0 saturated heterocycles. The lowest BCUT2D eigenvalue weighted by Crippen LogP contribution is -2.60. The van der Waals surface area contributed by atoms with E-state index in [1.54, 1.807) is 0 Å².